The van der Waals surface area contributed by atoms with Crippen LogP contribution in [0.4, 0.5) is 0 Å². The third-order valence-electron chi connectivity index (χ3n) is 14.5. The maximum Gasteiger partial charge on any atom is 0.0408 e. The standard InChI is InChI=1S/C8H13I2N.C7H13I2N.C5H9I2N.5C5H8N2.C4H7I2N.C3H5I2N.5Pt/c9-11(10)8-4-1-7(2-5-8)3-6-8;8-10(9)7-5-3-1-2-4-6-7;6-8(7)5-3-1-2-4-5;5*1-6-3-4-7(2)5-6;5-7(6)4-2-1-3-4;4-6(5)3-1-2-3;;;;;/h7H,1-6H2;7H,1-6H2;5H,1-4H2;5*3-4H,1-2H3;4H,1-3H2;3H,1-2H2;;;;;. The van der Waals surface area contributed by atoms with Gasteiger partial charge in [-0.3, -0.25) is 0 Å². The number of rotatable bonds is 5. The van der Waals surface area contributed by atoms with E-state index >= 15 is 0 Å². The van der Waals surface area contributed by atoms with E-state index in [2.05, 4.69) is 378 Å². The van der Waals surface area contributed by atoms with Crippen molar-refractivity contribution < 1.29 is 96.8 Å². The number of aryl methyl sites for hydroxylation is 10. The average Bonchev–Trinajstić information content (AvgIpc) is 3.86. The van der Waals surface area contributed by atoms with E-state index < -0.39 is 0 Å². The second kappa shape index (κ2) is 46.7. The van der Waals surface area contributed by atoms with Gasteiger partial charge in [-0.15, -0.1) is 0 Å². The first kappa shape index (κ1) is 84.7. The van der Waals surface area contributed by atoms with Gasteiger partial charge < -0.3 is 0 Å². The maximum absolute atomic E-state index is 2.46. The van der Waals surface area contributed by atoms with E-state index in [1.165, 1.54) is 154 Å². The van der Waals surface area contributed by atoms with Crippen molar-refractivity contribution in [3.8, 4) is 0 Å². The third kappa shape index (κ3) is 34.0. The van der Waals surface area contributed by atoms with Crippen LogP contribution in [-0.4, -0.2) is 82.0 Å². The summed E-state index contributed by atoms with van der Waals surface area (Å²) in [5.41, 5.74) is 0.593. The molecule has 82 heavy (non-hydrogen) atoms. The van der Waals surface area contributed by atoms with Crippen molar-refractivity contribution in [3.05, 3.63) is 81.0 Å². The van der Waals surface area contributed by atoms with E-state index in [9.17, 15) is 0 Å². The minimum atomic E-state index is 0.593. The van der Waals surface area contributed by atoms with Gasteiger partial charge in [0.05, 0.1) is 0 Å². The molecule has 15 nitrogen and oxygen atoms in total. The molecule has 5 heterocycles. The summed E-state index contributed by atoms with van der Waals surface area (Å²) in [5.74, 6) is 1.09. The molecule has 2 bridgehead atoms. The van der Waals surface area contributed by atoms with Gasteiger partial charge in [0.2, 0.25) is 0 Å². The van der Waals surface area contributed by atoms with Gasteiger partial charge in [-0.25, -0.2) is 0 Å². The van der Waals surface area contributed by atoms with Gasteiger partial charge in [-0.05, 0) is 95.8 Å². The zero-order valence-corrected chi connectivity index (χ0v) is 81.5. The Balaban J connectivity index is 0.000000312. The van der Waals surface area contributed by atoms with E-state index in [4.69, 9.17) is 0 Å². The first-order valence-electron chi connectivity index (χ1n) is 27.2. The maximum atomic E-state index is 2.46. The monoisotopic (exact) mass is 3170 g/mol. The molecule has 30 heteroatoms. The average molecular weight is 3170 g/mol. The van der Waals surface area contributed by atoms with Gasteiger partial charge in [0.25, 0.3) is 0 Å². The van der Waals surface area contributed by atoms with E-state index in [0.29, 0.717) is 5.54 Å². The Morgan fingerprint density at radius 1 is 0.293 bits per heavy atom. The van der Waals surface area contributed by atoms with Crippen LogP contribution in [0.25, 0.3) is 0 Å². The van der Waals surface area contributed by atoms with Crippen molar-refractivity contribution in [3.63, 3.8) is 0 Å². The summed E-state index contributed by atoms with van der Waals surface area (Å²) in [4.78, 5) is 0. The van der Waals surface area contributed by atoms with Crippen LogP contribution >= 0.6 is 229 Å². The minimum Gasteiger partial charge on any atom is -0.185 e. The molecular weight excluding hydrogens is 3080 g/mol. The fourth-order valence-electron chi connectivity index (χ4n) is 8.70. The molecule has 0 aromatic carbocycles. The van der Waals surface area contributed by atoms with Gasteiger partial charge in [0.1, 0.15) is 0 Å². The minimum absolute atomic E-state index is 0.593. The van der Waals surface area contributed by atoms with Gasteiger partial charge in [-0.1, -0.05) is 44.9 Å². The molecule has 0 spiro atoms. The van der Waals surface area contributed by atoms with Crippen molar-refractivity contribution in [1.29, 1.82) is 0 Å². The van der Waals surface area contributed by atoms with Crippen LogP contribution in [0.3, 0.4) is 0 Å². The zero-order chi connectivity index (χ0) is 61.9. The van der Waals surface area contributed by atoms with Gasteiger partial charge in [0.15, 0.2) is 0 Å². The smallest absolute Gasteiger partial charge is 0.0408 e. The molecule has 0 unspecified atom stereocenters. The predicted octanol–water partition coefficient (Wildman–Crippen LogP) is 17.3. The van der Waals surface area contributed by atoms with Gasteiger partial charge in [0, 0.05) is 258 Å². The van der Waals surface area contributed by atoms with Crippen molar-refractivity contribution in [1.82, 2.24) is 52.3 Å². The van der Waals surface area contributed by atoms with Crippen LogP contribution in [0, 0.1) is 24.9 Å². The summed E-state index contributed by atoms with van der Waals surface area (Å²) in [6.07, 6.45) is 50.5. The zero-order valence-electron chi connectivity index (χ0n) is 48.6. The largest absolute Gasteiger partial charge is 0.185 e. The Labute approximate surface area is 686 Å². The van der Waals surface area contributed by atoms with E-state index in [1.807, 2.05) is 132 Å². The molecule has 5 aromatic rings. The van der Waals surface area contributed by atoms with Crippen LogP contribution in [0.1, 0.15) is 135 Å². The van der Waals surface area contributed by atoms with E-state index in [-0.39, 0.29) is 0 Å². The summed E-state index contributed by atoms with van der Waals surface area (Å²) in [6, 6.07) is 3.52. The number of aromatic nitrogens is 10. The molecule has 7 aliphatic carbocycles. The van der Waals surface area contributed by atoms with Crippen molar-refractivity contribution in [2.24, 2.45) is 76.4 Å². The normalized spacial score (nSPS) is 19.3. The van der Waals surface area contributed by atoms with E-state index in [0.717, 1.165) is 30.1 Å². The molecule has 7 fully saturated rings. The number of hydrogen-bond acceptors (Lipinski definition) is 5. The topological polar surface area (TPSA) is 65.5 Å². The van der Waals surface area contributed by atoms with Crippen LogP contribution in [0.5, 0.6) is 0 Å². The number of nitrogens with zero attached hydrogens (tertiary/aromatic N) is 15. The van der Waals surface area contributed by atoms with Crippen LogP contribution in [-0.2, 0) is 167 Å². The molecule has 490 valence electrons. The van der Waals surface area contributed by atoms with E-state index in [1.54, 1.807) is 0 Å². The molecule has 0 amide bonds. The molecule has 0 atom stereocenters. The first-order chi connectivity index (χ1) is 38.5. The predicted molar refractivity (Wildman–Crippen MR) is 406 cm³/mol. The second-order valence-electron chi connectivity index (χ2n) is 21.2. The fraction of sp³-hybridized carbons (Fsp3) is 0.712. The van der Waals surface area contributed by atoms with Crippen LogP contribution in [0.2, 0.25) is 0 Å². The number of hydrogen-bond donors (Lipinski definition) is 0. The Hall–Kier alpha value is 6.59. The number of imidazole rings is 5. The van der Waals surface area contributed by atoms with Crippen LogP contribution < -0.4 is 0 Å². The number of halogens is 10. The Morgan fingerprint density at radius 2 is 0.476 bits per heavy atom. The van der Waals surface area contributed by atoms with Crippen molar-refractivity contribution >= 4 is 229 Å². The van der Waals surface area contributed by atoms with Crippen molar-refractivity contribution in [2.75, 3.05) is 0 Å². The first-order valence-corrected chi connectivity index (χ1v) is 42.6. The summed E-state index contributed by atoms with van der Waals surface area (Å²) >= 11 is 35.1. The molecular formula is C52H87I10N15Pt5. The third-order valence-corrected chi connectivity index (χ3v) is 30.9. The summed E-state index contributed by atoms with van der Waals surface area (Å²) in [7, 11) is 20.3. The van der Waals surface area contributed by atoms with Crippen molar-refractivity contribution in [2.45, 2.75) is 165 Å². The molecule has 12 rings (SSSR count). The summed E-state index contributed by atoms with van der Waals surface area (Å²) in [5, 5.41) is 0. The summed E-state index contributed by atoms with van der Waals surface area (Å²) < 4.78 is 38.4. The molecule has 0 radical (unpaired) electrons. The molecule has 0 aliphatic heterocycles. The van der Waals surface area contributed by atoms with Crippen LogP contribution in [0.15, 0.2) is 62.0 Å². The molecule has 7 aliphatic rings. The Morgan fingerprint density at radius 3 is 0.585 bits per heavy atom. The molecule has 0 N–H and O–H groups in total. The molecule has 0 saturated heterocycles. The van der Waals surface area contributed by atoms with Gasteiger partial charge >= 0.3 is 294 Å². The quantitative estimate of drug-likeness (QED) is 0.0997. The molecule has 7 saturated carbocycles. The Kier molecular flexibility index (Phi) is 48.2. The van der Waals surface area contributed by atoms with Gasteiger partial charge in [-0.2, -0.15) is 6.63 Å². The second-order valence-corrected chi connectivity index (χ2v) is 45.7. The summed E-state index contributed by atoms with van der Waals surface area (Å²) in [6.45, 7) is 0. The molecule has 5 aromatic heterocycles. The SMILES string of the molecule is Cn1ccn(C)[c]1=[Pt].Cn1ccn(C)[c]1=[Pt].Cn1ccn(C)[c]1=[Pt].Cn1ccn(C)[c]1=[Pt].Cn1ccn(C)[c]1=[Pt].IN(I)C12CCC(CC1)CC2.IN(I)C1CC1.IN(I)C1CCC1.IN(I)C1CCCC1.IN(I)C1CCCCCC1. The number of fused-ring (bicyclic) bond motifs is 3. The fourth-order valence-corrected chi connectivity index (χ4v) is 16.3. The Bertz CT molecular complexity index is 2370.